The van der Waals surface area contributed by atoms with Crippen molar-refractivity contribution in [1.82, 2.24) is 9.29 Å². The van der Waals surface area contributed by atoms with Crippen molar-refractivity contribution in [3.8, 4) is 0 Å². The zero-order chi connectivity index (χ0) is 11.8. The smallest absolute Gasteiger partial charge is 0.241 e. The molecule has 0 aromatic carbocycles. The molecule has 1 saturated heterocycles. The van der Waals surface area contributed by atoms with Crippen LogP contribution in [0.3, 0.4) is 0 Å². The molecule has 0 spiro atoms. The summed E-state index contributed by atoms with van der Waals surface area (Å²) in [4.78, 5) is 3.62. The molecule has 88 valence electrons. The molecule has 0 N–H and O–H groups in total. The molecule has 2 rings (SSSR count). The predicted octanol–water partition coefficient (Wildman–Crippen LogP) is 1.39. The van der Waals surface area contributed by atoms with Crippen LogP contribution < -0.4 is 0 Å². The lowest BCUT2D eigenvalue weighted by molar-refractivity contribution is 0.402. The molecule has 1 aliphatic heterocycles. The van der Waals surface area contributed by atoms with Crippen LogP contribution in [0.4, 0.5) is 4.39 Å². The highest BCUT2D eigenvalue weighted by molar-refractivity contribution is 7.89. The number of nitrogens with zero attached hydrogens (tertiary/aromatic N) is 2. The van der Waals surface area contributed by atoms with Crippen molar-refractivity contribution >= 4 is 10.0 Å². The van der Waals surface area contributed by atoms with Crippen molar-refractivity contribution in [2.75, 3.05) is 6.54 Å². The molecule has 2 heterocycles. The molecule has 1 atom stereocenters. The van der Waals surface area contributed by atoms with Crippen LogP contribution >= 0.6 is 0 Å². The molecule has 0 aliphatic carbocycles. The summed E-state index contributed by atoms with van der Waals surface area (Å²) in [5, 5.41) is -0.469. The minimum Gasteiger partial charge on any atom is -0.241 e. The number of hydrogen-bond acceptors (Lipinski definition) is 3. The average Bonchev–Trinajstić information content (AvgIpc) is 2.65. The number of rotatable bonds is 2. The summed E-state index contributed by atoms with van der Waals surface area (Å²) in [7, 11) is -3.77. The Bertz CT molecular complexity index is 489. The van der Waals surface area contributed by atoms with Gasteiger partial charge in [0.2, 0.25) is 5.03 Å². The molecule has 0 bridgehead atoms. The summed E-state index contributed by atoms with van der Waals surface area (Å²) in [6, 6.07) is 2.41. The summed E-state index contributed by atoms with van der Waals surface area (Å²) in [6.45, 7) is 2.27. The van der Waals surface area contributed by atoms with Gasteiger partial charge in [0.25, 0.3) is 10.0 Å². The predicted molar refractivity (Wildman–Crippen MR) is 56.8 cm³/mol. The number of sulfonamides is 1. The van der Waals surface area contributed by atoms with Gasteiger partial charge >= 0.3 is 0 Å². The first kappa shape index (κ1) is 11.5. The monoisotopic (exact) mass is 244 g/mol. The van der Waals surface area contributed by atoms with Crippen LogP contribution in [0.1, 0.15) is 19.8 Å². The maximum Gasteiger partial charge on any atom is 0.263 e. The van der Waals surface area contributed by atoms with E-state index in [4.69, 9.17) is 0 Å². The van der Waals surface area contributed by atoms with Crippen LogP contribution in [-0.2, 0) is 10.0 Å². The quantitative estimate of drug-likeness (QED) is 0.790. The number of pyridine rings is 1. The molecule has 1 aliphatic rings. The normalized spacial score (nSPS) is 22.5. The lowest BCUT2D eigenvalue weighted by Crippen LogP contribution is -2.34. The standard InChI is InChI=1S/C10H13FN2O2S/c1-8-4-3-7-13(8)16(14,15)10-9(11)5-2-6-12-10/h2,5-6,8H,3-4,7H2,1H3. The molecule has 0 amide bonds. The van der Waals surface area contributed by atoms with E-state index in [9.17, 15) is 12.8 Å². The van der Waals surface area contributed by atoms with Crippen molar-refractivity contribution < 1.29 is 12.8 Å². The van der Waals surface area contributed by atoms with Gasteiger partial charge in [0.05, 0.1) is 0 Å². The van der Waals surface area contributed by atoms with Crippen molar-refractivity contribution in [1.29, 1.82) is 0 Å². The third-order valence-corrected chi connectivity index (χ3v) is 4.72. The molecule has 1 unspecified atom stereocenters. The third-order valence-electron chi connectivity index (χ3n) is 2.77. The van der Waals surface area contributed by atoms with Crippen molar-refractivity contribution in [2.45, 2.75) is 30.8 Å². The van der Waals surface area contributed by atoms with Crippen molar-refractivity contribution in [3.63, 3.8) is 0 Å². The van der Waals surface area contributed by atoms with Crippen LogP contribution in [0.2, 0.25) is 0 Å². The minimum atomic E-state index is -3.77. The van der Waals surface area contributed by atoms with E-state index in [1.165, 1.54) is 16.6 Å². The Morgan fingerprint density at radius 2 is 2.31 bits per heavy atom. The second-order valence-electron chi connectivity index (χ2n) is 3.90. The van der Waals surface area contributed by atoms with E-state index < -0.39 is 20.9 Å². The second kappa shape index (κ2) is 4.10. The lowest BCUT2D eigenvalue weighted by atomic mass is 10.3. The third kappa shape index (κ3) is 1.82. The Labute approximate surface area is 94.2 Å². The Hall–Kier alpha value is -1.01. The Kier molecular flexibility index (Phi) is 2.94. The van der Waals surface area contributed by atoms with Gasteiger partial charge in [-0.25, -0.2) is 17.8 Å². The zero-order valence-corrected chi connectivity index (χ0v) is 9.74. The van der Waals surface area contributed by atoms with E-state index in [0.717, 1.165) is 18.9 Å². The maximum atomic E-state index is 13.4. The summed E-state index contributed by atoms with van der Waals surface area (Å²) in [5.74, 6) is -0.790. The second-order valence-corrected chi connectivity index (χ2v) is 5.70. The largest absolute Gasteiger partial charge is 0.263 e. The number of hydrogen-bond donors (Lipinski definition) is 0. The van der Waals surface area contributed by atoms with Gasteiger partial charge in [-0.05, 0) is 31.9 Å². The fourth-order valence-electron chi connectivity index (χ4n) is 1.94. The van der Waals surface area contributed by atoms with E-state index in [0.29, 0.717) is 6.54 Å². The summed E-state index contributed by atoms with van der Waals surface area (Å²) >= 11 is 0. The molecular weight excluding hydrogens is 231 g/mol. The van der Waals surface area contributed by atoms with Crippen molar-refractivity contribution in [3.05, 3.63) is 24.1 Å². The molecule has 4 nitrogen and oxygen atoms in total. The van der Waals surface area contributed by atoms with Crippen LogP contribution in [-0.4, -0.2) is 30.3 Å². The number of aromatic nitrogens is 1. The fourth-order valence-corrected chi connectivity index (χ4v) is 3.62. The van der Waals surface area contributed by atoms with E-state index in [1.807, 2.05) is 6.92 Å². The molecule has 16 heavy (non-hydrogen) atoms. The lowest BCUT2D eigenvalue weighted by Gasteiger charge is -2.20. The minimum absolute atomic E-state index is 0.0774. The van der Waals surface area contributed by atoms with Gasteiger partial charge in [-0.3, -0.25) is 0 Å². The van der Waals surface area contributed by atoms with E-state index in [2.05, 4.69) is 4.98 Å². The summed E-state index contributed by atoms with van der Waals surface area (Å²) < 4.78 is 38.9. The summed E-state index contributed by atoms with van der Waals surface area (Å²) in [5.41, 5.74) is 0. The van der Waals surface area contributed by atoms with Crippen LogP contribution in [0.5, 0.6) is 0 Å². The van der Waals surface area contributed by atoms with Crippen LogP contribution in [0, 0.1) is 5.82 Å². The topological polar surface area (TPSA) is 50.3 Å². The molecular formula is C10H13FN2O2S. The molecule has 1 fully saturated rings. The molecule has 1 aromatic rings. The van der Waals surface area contributed by atoms with Gasteiger partial charge in [-0.2, -0.15) is 4.31 Å². The Morgan fingerprint density at radius 3 is 2.88 bits per heavy atom. The van der Waals surface area contributed by atoms with E-state index in [-0.39, 0.29) is 6.04 Å². The average molecular weight is 244 g/mol. The van der Waals surface area contributed by atoms with Gasteiger partial charge in [0.15, 0.2) is 5.82 Å². The van der Waals surface area contributed by atoms with Gasteiger partial charge < -0.3 is 0 Å². The molecule has 0 radical (unpaired) electrons. The number of halogens is 1. The highest BCUT2D eigenvalue weighted by Crippen LogP contribution is 2.25. The van der Waals surface area contributed by atoms with Gasteiger partial charge in [0.1, 0.15) is 0 Å². The highest BCUT2D eigenvalue weighted by atomic mass is 32.2. The summed E-state index contributed by atoms with van der Waals surface area (Å²) in [6.07, 6.45) is 2.92. The van der Waals surface area contributed by atoms with Crippen LogP contribution in [0.15, 0.2) is 23.4 Å². The highest BCUT2D eigenvalue weighted by Gasteiger charge is 2.35. The first-order valence-corrected chi connectivity index (χ1v) is 6.60. The zero-order valence-electron chi connectivity index (χ0n) is 8.93. The van der Waals surface area contributed by atoms with Gasteiger partial charge in [-0.15, -0.1) is 0 Å². The van der Waals surface area contributed by atoms with Crippen LogP contribution in [0.25, 0.3) is 0 Å². The first-order chi connectivity index (χ1) is 7.53. The molecule has 1 aromatic heterocycles. The first-order valence-electron chi connectivity index (χ1n) is 5.16. The van der Waals surface area contributed by atoms with Gasteiger partial charge in [0, 0.05) is 18.8 Å². The van der Waals surface area contributed by atoms with E-state index >= 15 is 0 Å². The fraction of sp³-hybridized carbons (Fsp3) is 0.500. The maximum absolute atomic E-state index is 13.4. The van der Waals surface area contributed by atoms with Crippen molar-refractivity contribution in [2.24, 2.45) is 0 Å². The van der Waals surface area contributed by atoms with Gasteiger partial charge in [-0.1, -0.05) is 0 Å². The molecule has 0 saturated carbocycles. The Morgan fingerprint density at radius 1 is 1.56 bits per heavy atom. The molecule has 6 heteroatoms. The Balaban J connectivity index is 2.43. The SMILES string of the molecule is CC1CCCN1S(=O)(=O)c1ncccc1F. The van der Waals surface area contributed by atoms with E-state index in [1.54, 1.807) is 0 Å².